The van der Waals surface area contributed by atoms with Crippen molar-refractivity contribution in [2.75, 3.05) is 0 Å². The molecule has 0 saturated heterocycles. The molecule has 0 N–H and O–H groups in total. The van der Waals surface area contributed by atoms with Gasteiger partial charge in [0.15, 0.2) is 5.78 Å². The second-order valence-corrected chi connectivity index (χ2v) is 3.76. The van der Waals surface area contributed by atoms with Gasteiger partial charge in [0.25, 0.3) is 5.69 Å². The molecule has 19 heavy (non-hydrogen) atoms. The number of benzene rings is 1. The number of nitro benzene ring substituents is 1. The molecule has 1 aromatic carbocycles. The zero-order chi connectivity index (χ0) is 13.7. The molecule has 0 saturated carbocycles. The van der Waals surface area contributed by atoms with Crippen molar-refractivity contribution in [1.82, 2.24) is 4.98 Å². The molecule has 0 aliphatic carbocycles. The third-order valence-corrected chi connectivity index (χ3v) is 2.43. The summed E-state index contributed by atoms with van der Waals surface area (Å²) in [5, 5.41) is 10.6. The summed E-state index contributed by atoms with van der Waals surface area (Å²) in [5.41, 5.74) is 0.833. The lowest BCUT2D eigenvalue weighted by molar-refractivity contribution is -0.384. The van der Waals surface area contributed by atoms with Gasteiger partial charge in [-0.2, -0.15) is 0 Å². The van der Waals surface area contributed by atoms with Crippen molar-refractivity contribution in [3.05, 3.63) is 76.1 Å². The van der Waals surface area contributed by atoms with Crippen molar-refractivity contribution in [2.24, 2.45) is 0 Å². The Balaban J connectivity index is 2.18. The van der Waals surface area contributed by atoms with Gasteiger partial charge in [-0.05, 0) is 24.3 Å². The molecule has 2 rings (SSSR count). The van der Waals surface area contributed by atoms with E-state index in [-0.39, 0.29) is 17.0 Å². The van der Waals surface area contributed by atoms with Crippen LogP contribution in [0.1, 0.15) is 16.1 Å². The zero-order valence-corrected chi connectivity index (χ0v) is 9.89. The normalized spacial score (nSPS) is 10.5. The number of pyridine rings is 1. The lowest BCUT2D eigenvalue weighted by Crippen LogP contribution is -1.96. The Bertz CT molecular complexity index is 636. The minimum absolute atomic E-state index is 0.0999. The highest BCUT2D eigenvalue weighted by Gasteiger charge is 2.09. The number of hydrogen-bond donors (Lipinski definition) is 0. The summed E-state index contributed by atoms with van der Waals surface area (Å²) in [6.45, 7) is 0. The standard InChI is InChI=1S/C14H10N2O3/c17-14(8-7-12-5-1-2-9-15-12)11-4-3-6-13(10-11)16(18)19/h1-10H/b8-7+. The molecule has 94 valence electrons. The Morgan fingerprint density at radius 3 is 2.74 bits per heavy atom. The molecule has 0 aliphatic rings. The smallest absolute Gasteiger partial charge is 0.270 e. The van der Waals surface area contributed by atoms with Gasteiger partial charge in [0.2, 0.25) is 0 Å². The molecule has 0 radical (unpaired) electrons. The minimum Gasteiger partial charge on any atom is -0.289 e. The van der Waals surface area contributed by atoms with Crippen LogP contribution in [-0.4, -0.2) is 15.7 Å². The van der Waals surface area contributed by atoms with Crippen LogP contribution in [-0.2, 0) is 0 Å². The quantitative estimate of drug-likeness (QED) is 0.364. The Hall–Kier alpha value is -2.82. The molecule has 0 fully saturated rings. The maximum Gasteiger partial charge on any atom is 0.270 e. The maximum absolute atomic E-state index is 11.9. The number of carbonyl (C=O) groups is 1. The van der Waals surface area contributed by atoms with Gasteiger partial charge in [0, 0.05) is 23.9 Å². The van der Waals surface area contributed by atoms with Gasteiger partial charge in [-0.25, -0.2) is 0 Å². The SMILES string of the molecule is O=C(/C=C/c1ccccn1)c1cccc([N+](=O)[O-])c1. The van der Waals surface area contributed by atoms with E-state index in [0.717, 1.165) is 0 Å². The number of hydrogen-bond acceptors (Lipinski definition) is 4. The molecule has 1 aromatic heterocycles. The first-order chi connectivity index (χ1) is 9.16. The minimum atomic E-state index is -0.529. The van der Waals surface area contributed by atoms with Crippen LogP contribution in [0.3, 0.4) is 0 Å². The number of ketones is 1. The zero-order valence-electron chi connectivity index (χ0n) is 9.89. The molecule has 5 heteroatoms. The van der Waals surface area contributed by atoms with Crippen LogP contribution in [0, 0.1) is 10.1 Å². The second-order valence-electron chi connectivity index (χ2n) is 3.76. The van der Waals surface area contributed by atoms with E-state index < -0.39 is 4.92 Å². The fourth-order valence-corrected chi connectivity index (χ4v) is 1.50. The molecule has 0 atom stereocenters. The number of carbonyl (C=O) groups excluding carboxylic acids is 1. The van der Waals surface area contributed by atoms with Crippen LogP contribution >= 0.6 is 0 Å². The lowest BCUT2D eigenvalue weighted by Gasteiger charge is -1.96. The number of allylic oxidation sites excluding steroid dienone is 1. The third-order valence-electron chi connectivity index (χ3n) is 2.43. The molecule has 0 unspecified atom stereocenters. The molecule has 5 nitrogen and oxygen atoms in total. The van der Waals surface area contributed by atoms with Gasteiger partial charge in [-0.1, -0.05) is 18.2 Å². The first kappa shape index (κ1) is 12.6. The van der Waals surface area contributed by atoms with E-state index in [0.29, 0.717) is 5.69 Å². The predicted octanol–water partition coefficient (Wildman–Crippen LogP) is 2.89. The molecule has 0 amide bonds. The van der Waals surface area contributed by atoms with Crippen molar-refractivity contribution >= 4 is 17.5 Å². The third kappa shape index (κ3) is 3.32. The number of nitrogens with zero attached hydrogens (tertiary/aromatic N) is 2. The molecule has 1 heterocycles. The summed E-state index contributed by atoms with van der Waals surface area (Å²) in [5.74, 6) is -0.297. The van der Waals surface area contributed by atoms with Crippen molar-refractivity contribution in [3.63, 3.8) is 0 Å². The van der Waals surface area contributed by atoms with Crippen LogP contribution in [0.25, 0.3) is 6.08 Å². The highest BCUT2D eigenvalue weighted by Crippen LogP contribution is 2.14. The van der Waals surface area contributed by atoms with Gasteiger partial charge in [-0.3, -0.25) is 19.9 Å². The van der Waals surface area contributed by atoms with Crippen molar-refractivity contribution in [3.8, 4) is 0 Å². The van der Waals surface area contributed by atoms with E-state index in [1.165, 1.54) is 30.3 Å². The largest absolute Gasteiger partial charge is 0.289 e. The molecular formula is C14H10N2O3. The van der Waals surface area contributed by atoms with Gasteiger partial charge in [0.1, 0.15) is 0 Å². The predicted molar refractivity (Wildman–Crippen MR) is 70.7 cm³/mol. The Labute approximate surface area is 109 Å². The lowest BCUT2D eigenvalue weighted by atomic mass is 10.1. The van der Waals surface area contributed by atoms with Gasteiger partial charge < -0.3 is 0 Å². The highest BCUT2D eigenvalue weighted by atomic mass is 16.6. The summed E-state index contributed by atoms with van der Waals surface area (Å²) in [7, 11) is 0. The van der Waals surface area contributed by atoms with E-state index in [1.807, 2.05) is 6.07 Å². The fraction of sp³-hybridized carbons (Fsp3) is 0. The molecule has 2 aromatic rings. The summed E-state index contributed by atoms with van der Waals surface area (Å²) in [6, 6.07) is 11.0. The van der Waals surface area contributed by atoms with E-state index in [4.69, 9.17) is 0 Å². The summed E-state index contributed by atoms with van der Waals surface area (Å²) in [4.78, 5) is 26.0. The summed E-state index contributed by atoms with van der Waals surface area (Å²) in [6.07, 6.45) is 4.54. The molecule has 0 spiro atoms. The first-order valence-electron chi connectivity index (χ1n) is 5.55. The van der Waals surface area contributed by atoms with Crippen molar-refractivity contribution in [2.45, 2.75) is 0 Å². The van der Waals surface area contributed by atoms with Crippen molar-refractivity contribution < 1.29 is 9.72 Å². The average Bonchev–Trinajstić information content (AvgIpc) is 2.46. The van der Waals surface area contributed by atoms with Crippen LogP contribution in [0.15, 0.2) is 54.7 Å². The van der Waals surface area contributed by atoms with E-state index >= 15 is 0 Å². The van der Waals surface area contributed by atoms with Gasteiger partial charge in [0.05, 0.1) is 10.6 Å². The van der Waals surface area contributed by atoms with Crippen LogP contribution in [0.2, 0.25) is 0 Å². The summed E-state index contributed by atoms with van der Waals surface area (Å²) < 4.78 is 0. The van der Waals surface area contributed by atoms with E-state index in [2.05, 4.69) is 4.98 Å². The monoisotopic (exact) mass is 254 g/mol. The highest BCUT2D eigenvalue weighted by molar-refractivity contribution is 6.07. The Kier molecular flexibility index (Phi) is 3.78. The van der Waals surface area contributed by atoms with E-state index in [1.54, 1.807) is 24.4 Å². The average molecular weight is 254 g/mol. The Morgan fingerprint density at radius 1 is 1.21 bits per heavy atom. The summed E-state index contributed by atoms with van der Waals surface area (Å²) >= 11 is 0. The Morgan fingerprint density at radius 2 is 2.05 bits per heavy atom. The van der Waals surface area contributed by atoms with Crippen LogP contribution in [0.5, 0.6) is 0 Å². The van der Waals surface area contributed by atoms with Gasteiger partial charge in [-0.15, -0.1) is 0 Å². The molecule has 0 bridgehead atoms. The number of nitro groups is 1. The van der Waals surface area contributed by atoms with E-state index in [9.17, 15) is 14.9 Å². The van der Waals surface area contributed by atoms with Crippen molar-refractivity contribution in [1.29, 1.82) is 0 Å². The van der Waals surface area contributed by atoms with Gasteiger partial charge >= 0.3 is 0 Å². The fourth-order valence-electron chi connectivity index (χ4n) is 1.50. The molecule has 0 aliphatic heterocycles. The van der Waals surface area contributed by atoms with Crippen LogP contribution < -0.4 is 0 Å². The number of aromatic nitrogens is 1. The first-order valence-corrected chi connectivity index (χ1v) is 5.55. The topological polar surface area (TPSA) is 73.1 Å². The van der Waals surface area contributed by atoms with Crippen LogP contribution in [0.4, 0.5) is 5.69 Å². The number of rotatable bonds is 4. The number of non-ortho nitro benzene ring substituents is 1. The molecular weight excluding hydrogens is 244 g/mol. The maximum atomic E-state index is 11.9. The second kappa shape index (κ2) is 5.68.